The smallest absolute Gasteiger partial charge is 0.202 e. The molecule has 0 amide bonds. The van der Waals surface area contributed by atoms with Gasteiger partial charge in [0.2, 0.25) is 11.6 Å². The first-order chi connectivity index (χ1) is 33.6. The molecule has 4 heterocycles. The number of methoxy groups -OCH3 is 2. The Morgan fingerprint density at radius 1 is 0.571 bits per heavy atom. The lowest BCUT2D eigenvalue weighted by atomic mass is 9.89. The molecular weight excluding hydrogens is 921 g/mol. The number of aliphatic hydroxyl groups excluding tert-OH is 4. The molecule has 5 aromatic carbocycles. The van der Waals surface area contributed by atoms with E-state index >= 15 is 0 Å². The molecule has 368 valence electrons. The van der Waals surface area contributed by atoms with Crippen LogP contribution in [0.5, 0.6) is 69.0 Å². The highest BCUT2D eigenvalue weighted by Crippen LogP contribution is 2.47. The molecule has 1 aliphatic carbocycles. The van der Waals surface area contributed by atoms with Crippen molar-refractivity contribution in [2.75, 3.05) is 34.5 Å². The summed E-state index contributed by atoms with van der Waals surface area (Å²) in [4.78, 5) is 25.4. The third kappa shape index (κ3) is 9.26. The molecule has 10 rings (SSSR count). The number of carbonyl (C=O) groups is 2. The summed E-state index contributed by atoms with van der Waals surface area (Å²) in [6, 6.07) is 18.7. The van der Waals surface area contributed by atoms with Crippen LogP contribution in [0.2, 0.25) is 0 Å². The number of Topliss-reactive ketones (excluding diaryl/α,β-unsaturated/α-hetero) is 2. The van der Waals surface area contributed by atoms with Crippen molar-refractivity contribution in [3.63, 3.8) is 0 Å². The van der Waals surface area contributed by atoms with E-state index in [2.05, 4.69) is 0 Å². The maximum Gasteiger partial charge on any atom is 0.202 e. The zero-order chi connectivity index (χ0) is 50.1. The highest BCUT2D eigenvalue weighted by molar-refractivity contribution is 6.06. The van der Waals surface area contributed by atoms with E-state index in [1.165, 1.54) is 38.5 Å². The average Bonchev–Trinajstić information content (AvgIpc) is 3.35. The number of hydrogen-bond acceptors (Lipinski definition) is 20. The van der Waals surface area contributed by atoms with E-state index in [0.717, 1.165) is 24.8 Å². The summed E-state index contributed by atoms with van der Waals surface area (Å²) < 4.78 is 46.1. The Labute approximate surface area is 398 Å². The van der Waals surface area contributed by atoms with Crippen LogP contribution in [0.3, 0.4) is 0 Å². The number of rotatable bonds is 7. The largest absolute Gasteiger partial charge is 0.508 e. The van der Waals surface area contributed by atoms with E-state index < -0.39 is 71.9 Å². The van der Waals surface area contributed by atoms with Crippen molar-refractivity contribution in [3.05, 3.63) is 130 Å². The molecule has 1 fully saturated rings. The van der Waals surface area contributed by atoms with Crippen LogP contribution in [0, 0.1) is 0 Å². The second-order valence-electron chi connectivity index (χ2n) is 16.2. The maximum atomic E-state index is 12.7. The van der Waals surface area contributed by atoms with Gasteiger partial charge in [-0.05, 0) is 59.2 Å². The van der Waals surface area contributed by atoms with Gasteiger partial charge in [0, 0.05) is 36.9 Å². The minimum absolute atomic E-state index is 0.0147. The van der Waals surface area contributed by atoms with Crippen molar-refractivity contribution in [2.45, 2.75) is 54.9 Å². The number of aliphatic hydroxyl groups is 4. The van der Waals surface area contributed by atoms with E-state index in [1.54, 1.807) is 60.7 Å². The van der Waals surface area contributed by atoms with Gasteiger partial charge >= 0.3 is 0 Å². The Hall–Kier alpha value is -7.72. The minimum Gasteiger partial charge on any atom is -0.508 e. The van der Waals surface area contributed by atoms with Crippen LogP contribution >= 0.6 is 0 Å². The number of phenols is 6. The molecule has 70 heavy (non-hydrogen) atoms. The van der Waals surface area contributed by atoms with Gasteiger partial charge in [-0.1, -0.05) is 30.4 Å². The first-order valence-corrected chi connectivity index (χ1v) is 21.5. The van der Waals surface area contributed by atoms with E-state index in [1.807, 2.05) is 0 Å². The van der Waals surface area contributed by atoms with Crippen molar-refractivity contribution >= 4 is 11.6 Å². The van der Waals surface area contributed by atoms with Gasteiger partial charge in [-0.25, -0.2) is 0 Å². The lowest BCUT2D eigenvalue weighted by Gasteiger charge is -2.38. The Morgan fingerprint density at radius 3 is 1.70 bits per heavy atom. The molecule has 0 saturated carbocycles. The molecule has 1 saturated heterocycles. The van der Waals surface area contributed by atoms with E-state index in [9.17, 15) is 55.5 Å². The van der Waals surface area contributed by atoms with Crippen molar-refractivity contribution < 1.29 is 98.5 Å². The van der Waals surface area contributed by atoms with E-state index in [4.69, 9.17) is 43.0 Å². The monoisotopic (exact) mass is 968 g/mol. The van der Waals surface area contributed by atoms with Gasteiger partial charge in [0.15, 0.2) is 71.1 Å². The summed E-state index contributed by atoms with van der Waals surface area (Å²) in [5.41, 5.74) is 1.84. The molecule has 20 heteroatoms. The van der Waals surface area contributed by atoms with E-state index in [0.29, 0.717) is 28.2 Å². The number of carbonyl (C=O) groups excluding carboxylic acids is 2. The van der Waals surface area contributed by atoms with E-state index in [-0.39, 0.29) is 76.4 Å². The van der Waals surface area contributed by atoms with Crippen molar-refractivity contribution in [1.82, 2.24) is 0 Å². The van der Waals surface area contributed by atoms with Crippen LogP contribution in [-0.4, -0.2) is 134 Å². The highest BCUT2D eigenvalue weighted by atomic mass is 16.6. The summed E-state index contributed by atoms with van der Waals surface area (Å²) in [6.07, 6.45) is -3.01. The molecule has 9 atom stereocenters. The minimum atomic E-state index is -1.62. The van der Waals surface area contributed by atoms with Gasteiger partial charge in [0.1, 0.15) is 63.9 Å². The number of ether oxygens (including phenoxy) is 8. The number of benzene rings is 5. The number of aromatic hydroxyl groups is 6. The third-order valence-corrected chi connectivity index (χ3v) is 11.9. The SMILES string of the molecule is CO.COc1cc([C@@H]2COC3C=CC([C@H]4Oc5cc(O)cc(O)c5C(=O)[C@@H]4O)=CC3O2)ccc1O.COc1cc([C@@H]2Oc3cc([C@H]4Oc5cc(O)cc(O)c5C(=O)[C@@H]4O)ccc3O[C@H]2CO)ccc1O. The van der Waals surface area contributed by atoms with Crippen LogP contribution in [0.1, 0.15) is 55.7 Å². The Balaban J connectivity index is 0.000000182. The average molecular weight is 969 g/mol. The molecule has 4 aliphatic heterocycles. The molecular formula is C50H48O20. The fraction of sp³-hybridized carbons (Fsp3) is 0.280. The fourth-order valence-electron chi connectivity index (χ4n) is 8.55. The second kappa shape index (κ2) is 20.1. The van der Waals surface area contributed by atoms with Gasteiger partial charge < -0.3 is 89.0 Å². The second-order valence-corrected chi connectivity index (χ2v) is 16.2. The molecule has 0 spiro atoms. The van der Waals surface area contributed by atoms with Gasteiger partial charge in [0.05, 0.1) is 27.4 Å². The predicted octanol–water partition coefficient (Wildman–Crippen LogP) is 4.11. The number of hydrogen-bond donors (Lipinski definition) is 10. The maximum absolute atomic E-state index is 12.7. The molecule has 20 nitrogen and oxygen atoms in total. The summed E-state index contributed by atoms with van der Waals surface area (Å²) in [5.74, 6) is -1.93. The first kappa shape index (κ1) is 48.7. The molecule has 0 radical (unpaired) electrons. The lowest BCUT2D eigenvalue weighted by molar-refractivity contribution is -0.151. The van der Waals surface area contributed by atoms with Crippen molar-refractivity contribution in [1.29, 1.82) is 0 Å². The van der Waals surface area contributed by atoms with Gasteiger partial charge in [-0.15, -0.1) is 0 Å². The Bertz CT molecular complexity index is 2860. The van der Waals surface area contributed by atoms with Crippen LogP contribution < -0.4 is 28.4 Å². The summed E-state index contributed by atoms with van der Waals surface area (Å²) in [7, 11) is 3.87. The van der Waals surface area contributed by atoms with Gasteiger partial charge in [0.25, 0.3) is 0 Å². The molecule has 10 N–H and O–H groups in total. The molecule has 5 aliphatic rings. The quantitative estimate of drug-likeness (QED) is 0.110. The fourth-order valence-corrected chi connectivity index (χ4v) is 8.55. The van der Waals surface area contributed by atoms with Crippen LogP contribution in [0.25, 0.3) is 0 Å². The topological polar surface area (TPSA) is 310 Å². The summed E-state index contributed by atoms with van der Waals surface area (Å²) in [5, 5.41) is 97.4. The Morgan fingerprint density at radius 2 is 1.10 bits per heavy atom. The number of ketones is 2. The number of phenolic OH excluding ortho intramolecular Hbond substituents is 6. The first-order valence-electron chi connectivity index (χ1n) is 21.5. The lowest BCUT2D eigenvalue weighted by Crippen LogP contribution is -2.45. The zero-order valence-electron chi connectivity index (χ0n) is 37.4. The van der Waals surface area contributed by atoms with Crippen LogP contribution in [0.15, 0.2) is 103 Å². The highest BCUT2D eigenvalue weighted by Gasteiger charge is 2.43. The van der Waals surface area contributed by atoms with Crippen molar-refractivity contribution in [2.24, 2.45) is 0 Å². The number of fused-ring (bicyclic) bond motifs is 4. The molecule has 0 bridgehead atoms. The predicted molar refractivity (Wildman–Crippen MR) is 241 cm³/mol. The van der Waals surface area contributed by atoms with Gasteiger partial charge in [-0.3, -0.25) is 9.59 Å². The van der Waals surface area contributed by atoms with Crippen molar-refractivity contribution in [3.8, 4) is 69.0 Å². The molecule has 2 unspecified atom stereocenters. The normalized spacial score (nSPS) is 24.8. The summed E-state index contributed by atoms with van der Waals surface area (Å²) >= 11 is 0. The van der Waals surface area contributed by atoms with Crippen LogP contribution in [0.4, 0.5) is 0 Å². The zero-order valence-corrected chi connectivity index (χ0v) is 37.4. The standard InChI is InChI=1S/C25H22O10.C24H22O9.CH4O/c1-32-17-6-11(2-4-14(17)28)24-20(10-26)33-16-5-3-12(7-18(16)34-24)25-23(31)22(30)21-15(29)8-13(27)9-19(21)35-25;1-30-17-6-11(2-4-14(17)26)20-10-31-16-5-3-12(7-18(16)32-20)24-23(29)22(28)21-15(27)8-13(25)9-19(21)33-24;1-2/h2-9,20,23-29,31H,10H2,1H3;2-9,16,18,20,23-27,29H,10H2,1H3;2H,1H3/t20-,23-,24-,25+;16?,18?,20-,23-,24+;/m00./s1. The van der Waals surface area contributed by atoms with Crippen LogP contribution in [-0.2, 0) is 9.47 Å². The third-order valence-electron chi connectivity index (χ3n) is 11.9. The molecule has 0 aromatic heterocycles. The molecule has 5 aromatic rings. The Kier molecular flexibility index (Phi) is 14.0. The van der Waals surface area contributed by atoms with Gasteiger partial charge in [-0.2, -0.15) is 0 Å². The summed E-state index contributed by atoms with van der Waals surface area (Å²) in [6.45, 7) is -0.0622.